The number of anilines is 1. The molecule has 4 rings (SSSR count). The van der Waals surface area contributed by atoms with E-state index in [0.29, 0.717) is 23.4 Å². The Balaban J connectivity index is 1.41. The molecule has 2 N–H and O–H groups in total. The molecule has 0 radical (unpaired) electrons. The molecule has 40 heavy (non-hydrogen) atoms. The Kier molecular flexibility index (Phi) is 8.86. The van der Waals surface area contributed by atoms with Crippen LogP contribution in [0.1, 0.15) is 58.3 Å². The molecular weight excluding hydrogens is 503 g/mol. The van der Waals surface area contributed by atoms with Gasteiger partial charge in [-0.2, -0.15) is 10.2 Å². The average Bonchev–Trinajstić information content (AvgIpc) is 3.14. The maximum absolute atomic E-state index is 13.3. The van der Waals surface area contributed by atoms with Gasteiger partial charge in [0.2, 0.25) is 5.91 Å². The van der Waals surface area contributed by atoms with E-state index in [1.54, 1.807) is 24.3 Å². The van der Waals surface area contributed by atoms with E-state index in [1.165, 1.54) is 0 Å². The van der Waals surface area contributed by atoms with E-state index in [0.717, 1.165) is 11.2 Å². The molecule has 1 aliphatic heterocycles. The molecule has 1 fully saturated rings. The summed E-state index contributed by atoms with van der Waals surface area (Å²) in [4.78, 5) is 26.4. The molecule has 0 aromatic heterocycles. The van der Waals surface area contributed by atoms with Crippen molar-refractivity contribution in [1.82, 2.24) is 5.32 Å². The number of benzene rings is 3. The predicted octanol–water partition coefficient (Wildman–Crippen LogP) is 6.18. The highest BCUT2D eigenvalue weighted by Gasteiger charge is 2.51. The van der Waals surface area contributed by atoms with Crippen LogP contribution in [0.25, 0.3) is 0 Å². The Morgan fingerprint density at radius 2 is 1.43 bits per heavy atom. The lowest BCUT2D eigenvalue weighted by Crippen LogP contribution is -2.44. The molecule has 1 atom stereocenters. The molecule has 0 saturated carbocycles. The van der Waals surface area contributed by atoms with Gasteiger partial charge in [0.05, 0.1) is 22.6 Å². The smallest absolute Gasteiger partial charge is 0.399 e. The zero-order chi connectivity index (χ0) is 28.9. The first kappa shape index (κ1) is 29.2. The summed E-state index contributed by atoms with van der Waals surface area (Å²) in [6.45, 7) is 12.0. The minimum absolute atomic E-state index is 0.188. The standard InChI is InChI=1S/C31H37BN4O4/c1-21(2)19-27(34-28(37)22-15-17-25(18-16-22)36-35-24-12-8-7-9-13-24)29(38)33-26-14-10-11-23(20-26)32-39-30(3,4)31(5,6)40-32/h7-18,20-21,27H,19H2,1-6H3,(H,33,38)(H,34,37)/t27-/m0/s1. The summed E-state index contributed by atoms with van der Waals surface area (Å²) in [5.41, 5.74) is 2.29. The van der Waals surface area contributed by atoms with Crippen molar-refractivity contribution in [3.8, 4) is 0 Å². The molecule has 2 amide bonds. The monoisotopic (exact) mass is 540 g/mol. The molecule has 0 unspecified atom stereocenters. The first-order chi connectivity index (χ1) is 18.9. The summed E-state index contributed by atoms with van der Waals surface area (Å²) in [7, 11) is -0.539. The Bertz CT molecular complexity index is 1340. The molecule has 208 valence electrons. The third-order valence-electron chi connectivity index (χ3n) is 7.18. The number of carbonyl (C=O) groups excluding carboxylic acids is 2. The van der Waals surface area contributed by atoms with Crippen LogP contribution in [0.2, 0.25) is 0 Å². The van der Waals surface area contributed by atoms with Crippen LogP contribution >= 0.6 is 0 Å². The van der Waals surface area contributed by atoms with Crippen molar-refractivity contribution in [3.05, 3.63) is 84.4 Å². The van der Waals surface area contributed by atoms with Gasteiger partial charge in [-0.1, -0.05) is 44.2 Å². The number of amides is 2. The summed E-state index contributed by atoms with van der Waals surface area (Å²) < 4.78 is 12.3. The summed E-state index contributed by atoms with van der Waals surface area (Å²) in [5, 5.41) is 14.3. The second-order valence-electron chi connectivity index (χ2n) is 11.4. The number of nitrogens with one attached hydrogen (secondary N) is 2. The summed E-state index contributed by atoms with van der Waals surface area (Å²) in [5.74, 6) is -0.437. The Morgan fingerprint density at radius 1 is 0.825 bits per heavy atom. The van der Waals surface area contributed by atoms with Crippen LogP contribution in [0.4, 0.5) is 17.1 Å². The lowest BCUT2D eigenvalue weighted by molar-refractivity contribution is -0.118. The number of rotatable bonds is 9. The zero-order valence-corrected chi connectivity index (χ0v) is 24.0. The van der Waals surface area contributed by atoms with Crippen molar-refractivity contribution in [2.75, 3.05) is 5.32 Å². The maximum atomic E-state index is 13.3. The highest BCUT2D eigenvalue weighted by atomic mass is 16.7. The fourth-order valence-corrected chi connectivity index (χ4v) is 4.21. The summed E-state index contributed by atoms with van der Waals surface area (Å²) in [6.07, 6.45) is 0.484. The van der Waals surface area contributed by atoms with Crippen LogP contribution in [0.15, 0.2) is 89.1 Å². The van der Waals surface area contributed by atoms with Crippen LogP contribution in [0.5, 0.6) is 0 Å². The molecule has 0 spiro atoms. The Hall–Kier alpha value is -3.82. The van der Waals surface area contributed by atoms with E-state index < -0.39 is 24.4 Å². The lowest BCUT2D eigenvalue weighted by Gasteiger charge is -2.32. The summed E-state index contributed by atoms with van der Waals surface area (Å²) >= 11 is 0. The minimum Gasteiger partial charge on any atom is -0.399 e. The highest BCUT2D eigenvalue weighted by Crippen LogP contribution is 2.36. The fraction of sp³-hybridized carbons (Fsp3) is 0.355. The number of carbonyl (C=O) groups is 2. The third kappa shape index (κ3) is 7.22. The maximum Gasteiger partial charge on any atom is 0.494 e. The molecule has 3 aromatic rings. The second-order valence-corrected chi connectivity index (χ2v) is 11.4. The topological polar surface area (TPSA) is 101 Å². The van der Waals surface area contributed by atoms with E-state index in [9.17, 15) is 9.59 Å². The third-order valence-corrected chi connectivity index (χ3v) is 7.18. The van der Waals surface area contributed by atoms with E-state index in [2.05, 4.69) is 20.9 Å². The summed E-state index contributed by atoms with van der Waals surface area (Å²) in [6, 6.07) is 22.9. The first-order valence-electron chi connectivity index (χ1n) is 13.6. The lowest BCUT2D eigenvalue weighted by atomic mass is 9.79. The van der Waals surface area contributed by atoms with Gasteiger partial charge < -0.3 is 19.9 Å². The Morgan fingerprint density at radius 3 is 2.02 bits per heavy atom. The van der Waals surface area contributed by atoms with Gasteiger partial charge >= 0.3 is 7.12 Å². The number of azo groups is 1. The predicted molar refractivity (Wildman–Crippen MR) is 159 cm³/mol. The molecule has 1 heterocycles. The molecule has 8 nitrogen and oxygen atoms in total. The van der Waals surface area contributed by atoms with Crippen molar-refractivity contribution in [2.24, 2.45) is 16.1 Å². The van der Waals surface area contributed by atoms with Crippen LogP contribution in [0.3, 0.4) is 0 Å². The van der Waals surface area contributed by atoms with Crippen LogP contribution < -0.4 is 16.1 Å². The van der Waals surface area contributed by atoms with Crippen LogP contribution in [0, 0.1) is 5.92 Å². The quantitative estimate of drug-likeness (QED) is 0.250. The molecule has 0 aliphatic carbocycles. The van der Waals surface area contributed by atoms with Gasteiger partial charge in [0, 0.05) is 11.3 Å². The molecular formula is C31H37BN4O4. The van der Waals surface area contributed by atoms with Crippen molar-refractivity contribution in [2.45, 2.75) is 65.2 Å². The number of hydrogen-bond acceptors (Lipinski definition) is 6. The van der Waals surface area contributed by atoms with E-state index in [1.807, 2.05) is 96.1 Å². The second kappa shape index (κ2) is 12.1. The molecule has 1 aliphatic rings. The molecule has 1 saturated heterocycles. The molecule has 0 bridgehead atoms. The van der Waals surface area contributed by atoms with Crippen molar-refractivity contribution >= 4 is 41.5 Å². The van der Waals surface area contributed by atoms with Gasteiger partial charge in [-0.05, 0) is 94.0 Å². The normalized spacial score (nSPS) is 16.7. The van der Waals surface area contributed by atoms with Crippen molar-refractivity contribution < 1.29 is 18.9 Å². The largest absolute Gasteiger partial charge is 0.494 e. The number of hydrogen-bond donors (Lipinski definition) is 2. The van der Waals surface area contributed by atoms with E-state index in [-0.39, 0.29) is 17.7 Å². The number of nitrogens with zero attached hydrogens (tertiary/aromatic N) is 2. The van der Waals surface area contributed by atoms with Gasteiger partial charge in [0.25, 0.3) is 5.91 Å². The minimum atomic E-state index is -0.717. The first-order valence-corrected chi connectivity index (χ1v) is 13.6. The van der Waals surface area contributed by atoms with Crippen LogP contribution in [-0.4, -0.2) is 36.2 Å². The average molecular weight is 540 g/mol. The zero-order valence-electron chi connectivity index (χ0n) is 24.0. The van der Waals surface area contributed by atoms with Gasteiger partial charge in [-0.3, -0.25) is 9.59 Å². The fourth-order valence-electron chi connectivity index (χ4n) is 4.21. The molecule has 3 aromatic carbocycles. The van der Waals surface area contributed by atoms with Gasteiger partial charge in [-0.25, -0.2) is 0 Å². The molecule has 9 heteroatoms. The SMILES string of the molecule is CC(C)C[C@H](NC(=O)c1ccc(N=Nc2ccccc2)cc1)C(=O)Nc1cccc(B2OC(C)(C)C(C)(C)O2)c1. The van der Waals surface area contributed by atoms with Gasteiger partial charge in [0.1, 0.15) is 6.04 Å². The van der Waals surface area contributed by atoms with Gasteiger partial charge in [0.15, 0.2) is 0 Å². The van der Waals surface area contributed by atoms with E-state index >= 15 is 0 Å². The van der Waals surface area contributed by atoms with E-state index in [4.69, 9.17) is 9.31 Å². The van der Waals surface area contributed by atoms with Gasteiger partial charge in [-0.15, -0.1) is 0 Å². The van der Waals surface area contributed by atoms with Crippen LogP contribution in [-0.2, 0) is 14.1 Å². The highest BCUT2D eigenvalue weighted by molar-refractivity contribution is 6.62. The van der Waals surface area contributed by atoms with Crippen molar-refractivity contribution in [1.29, 1.82) is 0 Å². The Labute approximate surface area is 236 Å². The van der Waals surface area contributed by atoms with Crippen molar-refractivity contribution in [3.63, 3.8) is 0 Å².